The van der Waals surface area contributed by atoms with E-state index in [1.807, 2.05) is 19.1 Å². The lowest BCUT2D eigenvalue weighted by molar-refractivity contribution is 0.143. The fraction of sp³-hybridized carbons (Fsp3) is 0.600. The quantitative estimate of drug-likeness (QED) is 0.703. The molecule has 0 aliphatic rings. The van der Waals surface area contributed by atoms with Crippen molar-refractivity contribution in [2.24, 2.45) is 0 Å². The third-order valence-corrected chi connectivity index (χ3v) is 3.63. The molecule has 4 heteroatoms. The number of hydrogen-bond acceptors (Lipinski definition) is 3. The molecule has 0 aliphatic heterocycles. The second-order valence-electron chi connectivity index (χ2n) is 4.59. The van der Waals surface area contributed by atoms with Gasteiger partial charge in [0.25, 0.3) is 0 Å². The molecule has 1 atom stereocenters. The van der Waals surface area contributed by atoms with E-state index in [2.05, 4.69) is 41.2 Å². The highest BCUT2D eigenvalue weighted by atomic mass is 79.9. The first-order valence-electron chi connectivity index (χ1n) is 6.84. The highest BCUT2D eigenvalue weighted by Gasteiger charge is 2.04. The summed E-state index contributed by atoms with van der Waals surface area (Å²) in [6.07, 6.45) is 1.20. The summed E-state index contributed by atoms with van der Waals surface area (Å²) in [7, 11) is 0. The van der Waals surface area contributed by atoms with Crippen LogP contribution in [0.2, 0.25) is 0 Å². The van der Waals surface area contributed by atoms with Crippen molar-refractivity contribution < 1.29 is 9.47 Å². The van der Waals surface area contributed by atoms with Gasteiger partial charge in [0, 0.05) is 24.2 Å². The fourth-order valence-corrected chi connectivity index (χ4v) is 1.96. The van der Waals surface area contributed by atoms with Crippen LogP contribution in [-0.4, -0.2) is 32.4 Å². The minimum atomic E-state index is 0.160. The van der Waals surface area contributed by atoms with Gasteiger partial charge in [0.15, 0.2) is 0 Å². The molecule has 0 bridgehead atoms. The molecule has 0 aliphatic carbocycles. The van der Waals surface area contributed by atoms with E-state index in [-0.39, 0.29) is 6.10 Å². The molecule has 0 aromatic heterocycles. The summed E-state index contributed by atoms with van der Waals surface area (Å²) in [5.74, 6) is 0.921. The van der Waals surface area contributed by atoms with Crippen LogP contribution in [0.5, 0.6) is 5.75 Å². The number of aryl methyl sites for hydroxylation is 1. The minimum absolute atomic E-state index is 0.160. The van der Waals surface area contributed by atoms with Crippen LogP contribution in [-0.2, 0) is 4.74 Å². The number of rotatable bonds is 9. The SMILES string of the molecule is CCOCCCNCC(C)Oc1ccc(Br)c(C)c1. The van der Waals surface area contributed by atoms with Crippen LogP contribution in [0.4, 0.5) is 0 Å². The first-order valence-corrected chi connectivity index (χ1v) is 7.64. The van der Waals surface area contributed by atoms with Crippen molar-refractivity contribution in [3.63, 3.8) is 0 Å². The van der Waals surface area contributed by atoms with E-state index in [1.165, 1.54) is 5.56 Å². The van der Waals surface area contributed by atoms with E-state index in [1.54, 1.807) is 0 Å². The van der Waals surface area contributed by atoms with Crippen molar-refractivity contribution in [3.05, 3.63) is 28.2 Å². The molecular formula is C15H24BrNO2. The van der Waals surface area contributed by atoms with Gasteiger partial charge >= 0.3 is 0 Å². The average molecular weight is 330 g/mol. The van der Waals surface area contributed by atoms with E-state index in [9.17, 15) is 0 Å². The van der Waals surface area contributed by atoms with Crippen LogP contribution in [0.25, 0.3) is 0 Å². The molecule has 0 saturated carbocycles. The Morgan fingerprint density at radius 1 is 1.37 bits per heavy atom. The summed E-state index contributed by atoms with van der Waals surface area (Å²) < 4.78 is 12.3. The van der Waals surface area contributed by atoms with Gasteiger partial charge in [-0.25, -0.2) is 0 Å². The lowest BCUT2D eigenvalue weighted by Crippen LogP contribution is -2.30. The molecular weight excluding hydrogens is 306 g/mol. The molecule has 1 unspecified atom stereocenters. The second-order valence-corrected chi connectivity index (χ2v) is 5.45. The maximum atomic E-state index is 5.86. The molecule has 0 radical (unpaired) electrons. The molecule has 3 nitrogen and oxygen atoms in total. The summed E-state index contributed by atoms with van der Waals surface area (Å²) in [6.45, 7) is 9.59. The summed E-state index contributed by atoms with van der Waals surface area (Å²) in [5.41, 5.74) is 1.19. The van der Waals surface area contributed by atoms with Crippen molar-refractivity contribution >= 4 is 15.9 Å². The van der Waals surface area contributed by atoms with Gasteiger partial charge < -0.3 is 14.8 Å². The maximum Gasteiger partial charge on any atom is 0.120 e. The molecule has 108 valence electrons. The van der Waals surface area contributed by atoms with Gasteiger partial charge in [-0.3, -0.25) is 0 Å². The van der Waals surface area contributed by atoms with E-state index >= 15 is 0 Å². The van der Waals surface area contributed by atoms with Gasteiger partial charge in [0.05, 0.1) is 0 Å². The molecule has 1 rings (SSSR count). The molecule has 0 saturated heterocycles. The third kappa shape index (κ3) is 6.95. The van der Waals surface area contributed by atoms with Crippen LogP contribution in [0.3, 0.4) is 0 Å². The van der Waals surface area contributed by atoms with Gasteiger partial charge in [-0.1, -0.05) is 15.9 Å². The predicted octanol–water partition coefficient (Wildman–Crippen LogP) is 3.54. The van der Waals surface area contributed by atoms with Crippen LogP contribution in [0.1, 0.15) is 25.8 Å². The fourth-order valence-electron chi connectivity index (χ4n) is 1.71. The molecule has 1 aromatic rings. The molecule has 0 heterocycles. The predicted molar refractivity (Wildman–Crippen MR) is 82.9 cm³/mol. The van der Waals surface area contributed by atoms with Gasteiger partial charge in [0.2, 0.25) is 0 Å². The zero-order valence-electron chi connectivity index (χ0n) is 12.0. The molecule has 0 spiro atoms. The van der Waals surface area contributed by atoms with Crippen molar-refractivity contribution in [1.82, 2.24) is 5.32 Å². The Bertz CT molecular complexity index is 371. The van der Waals surface area contributed by atoms with Crippen LogP contribution < -0.4 is 10.1 Å². The Kier molecular flexibility index (Phi) is 8.10. The summed E-state index contributed by atoms with van der Waals surface area (Å²) >= 11 is 3.49. The van der Waals surface area contributed by atoms with Crippen LogP contribution >= 0.6 is 15.9 Å². The van der Waals surface area contributed by atoms with Crippen molar-refractivity contribution in [3.8, 4) is 5.75 Å². The normalized spacial score (nSPS) is 12.4. The number of nitrogens with one attached hydrogen (secondary N) is 1. The van der Waals surface area contributed by atoms with Crippen molar-refractivity contribution in [2.75, 3.05) is 26.3 Å². The number of ether oxygens (including phenoxy) is 2. The monoisotopic (exact) mass is 329 g/mol. The Labute approximate surface area is 124 Å². The Balaban J connectivity index is 2.19. The summed E-state index contributed by atoms with van der Waals surface area (Å²) in [5, 5.41) is 3.38. The molecule has 1 N–H and O–H groups in total. The summed E-state index contributed by atoms with van der Waals surface area (Å²) in [6, 6.07) is 6.06. The van der Waals surface area contributed by atoms with Gasteiger partial charge in [-0.2, -0.15) is 0 Å². The highest BCUT2D eigenvalue weighted by Crippen LogP contribution is 2.22. The molecule has 0 fully saturated rings. The Morgan fingerprint density at radius 2 is 2.16 bits per heavy atom. The van der Waals surface area contributed by atoms with Gasteiger partial charge in [-0.05, 0) is 57.5 Å². The Morgan fingerprint density at radius 3 is 2.84 bits per heavy atom. The first kappa shape index (κ1) is 16.5. The van der Waals surface area contributed by atoms with E-state index in [4.69, 9.17) is 9.47 Å². The zero-order chi connectivity index (χ0) is 14.1. The average Bonchev–Trinajstić information content (AvgIpc) is 2.38. The van der Waals surface area contributed by atoms with Gasteiger partial charge in [-0.15, -0.1) is 0 Å². The largest absolute Gasteiger partial charge is 0.489 e. The van der Waals surface area contributed by atoms with Gasteiger partial charge in [0.1, 0.15) is 11.9 Å². The van der Waals surface area contributed by atoms with E-state index in [0.29, 0.717) is 0 Å². The highest BCUT2D eigenvalue weighted by molar-refractivity contribution is 9.10. The maximum absolute atomic E-state index is 5.86. The second kappa shape index (κ2) is 9.34. The molecule has 0 amide bonds. The van der Waals surface area contributed by atoms with Crippen molar-refractivity contribution in [2.45, 2.75) is 33.3 Å². The standard InChI is InChI=1S/C15H24BrNO2/c1-4-18-9-5-8-17-11-13(3)19-14-6-7-15(16)12(2)10-14/h6-7,10,13,17H,4-5,8-9,11H2,1-3H3. The number of halogens is 1. The van der Waals surface area contributed by atoms with Crippen molar-refractivity contribution in [1.29, 1.82) is 0 Å². The van der Waals surface area contributed by atoms with E-state index < -0.39 is 0 Å². The third-order valence-electron chi connectivity index (χ3n) is 2.74. The summed E-state index contributed by atoms with van der Waals surface area (Å²) in [4.78, 5) is 0. The molecule has 19 heavy (non-hydrogen) atoms. The number of hydrogen-bond donors (Lipinski definition) is 1. The first-order chi connectivity index (χ1) is 9.13. The number of benzene rings is 1. The Hall–Kier alpha value is -0.580. The van der Waals surface area contributed by atoms with Crippen LogP contribution in [0, 0.1) is 6.92 Å². The lowest BCUT2D eigenvalue weighted by atomic mass is 10.2. The minimum Gasteiger partial charge on any atom is -0.489 e. The topological polar surface area (TPSA) is 30.5 Å². The van der Waals surface area contributed by atoms with E-state index in [0.717, 1.165) is 42.9 Å². The molecule has 1 aromatic carbocycles. The smallest absolute Gasteiger partial charge is 0.120 e. The lowest BCUT2D eigenvalue weighted by Gasteiger charge is -2.16. The van der Waals surface area contributed by atoms with Crippen LogP contribution in [0.15, 0.2) is 22.7 Å². The zero-order valence-corrected chi connectivity index (χ0v) is 13.6.